The van der Waals surface area contributed by atoms with Gasteiger partial charge >= 0.3 is 0 Å². The Balaban J connectivity index is 1.91. The Labute approximate surface area is 109 Å². The summed E-state index contributed by atoms with van der Waals surface area (Å²) in [5.41, 5.74) is 3.00. The third-order valence-corrected chi connectivity index (χ3v) is 4.85. The van der Waals surface area contributed by atoms with E-state index in [-0.39, 0.29) is 11.9 Å². The van der Waals surface area contributed by atoms with Gasteiger partial charge in [-0.15, -0.1) is 0 Å². The van der Waals surface area contributed by atoms with Crippen LogP contribution in [0.4, 0.5) is 4.39 Å². The van der Waals surface area contributed by atoms with Crippen molar-refractivity contribution in [3.8, 4) is 0 Å². The van der Waals surface area contributed by atoms with E-state index in [4.69, 9.17) is 0 Å². The summed E-state index contributed by atoms with van der Waals surface area (Å²) in [6, 6.07) is 3.96. The molecule has 0 aromatic heterocycles. The first-order chi connectivity index (χ1) is 8.60. The Kier molecular flexibility index (Phi) is 2.93. The second-order valence-corrected chi connectivity index (χ2v) is 6.23. The summed E-state index contributed by atoms with van der Waals surface area (Å²) in [7, 11) is 1.97. The highest BCUT2D eigenvalue weighted by Crippen LogP contribution is 2.57. The van der Waals surface area contributed by atoms with Crippen LogP contribution >= 0.6 is 0 Å². The minimum Gasteiger partial charge on any atom is -0.313 e. The molecule has 1 aromatic rings. The van der Waals surface area contributed by atoms with E-state index in [0.29, 0.717) is 5.92 Å². The lowest BCUT2D eigenvalue weighted by molar-refractivity contribution is 0.348. The summed E-state index contributed by atoms with van der Waals surface area (Å²) in [5.74, 6) is 2.47. The molecule has 1 nitrogen and oxygen atoms in total. The molecule has 1 aromatic carbocycles. The highest BCUT2D eigenvalue weighted by atomic mass is 19.1. The molecular weight excluding hydrogens is 225 g/mol. The Bertz CT molecular complexity index is 435. The molecule has 0 bridgehead atoms. The molecule has 98 valence electrons. The molecule has 0 spiro atoms. The number of hydrogen-bond acceptors (Lipinski definition) is 1. The van der Waals surface area contributed by atoms with Gasteiger partial charge in [0.25, 0.3) is 0 Å². The van der Waals surface area contributed by atoms with Crippen molar-refractivity contribution in [3.63, 3.8) is 0 Å². The molecular formula is C16H22FN. The quantitative estimate of drug-likeness (QED) is 0.857. The van der Waals surface area contributed by atoms with Crippen LogP contribution in [0.25, 0.3) is 0 Å². The summed E-state index contributed by atoms with van der Waals surface area (Å²) in [5, 5.41) is 3.36. The zero-order valence-corrected chi connectivity index (χ0v) is 11.5. The van der Waals surface area contributed by atoms with Crippen LogP contribution in [0.15, 0.2) is 12.1 Å². The van der Waals surface area contributed by atoms with Crippen molar-refractivity contribution >= 4 is 0 Å². The van der Waals surface area contributed by atoms with E-state index in [1.165, 1.54) is 19.3 Å². The lowest BCUT2D eigenvalue weighted by atomic mass is 9.86. The highest BCUT2D eigenvalue weighted by molar-refractivity contribution is 5.35. The van der Waals surface area contributed by atoms with E-state index in [1.807, 2.05) is 20.9 Å². The van der Waals surface area contributed by atoms with Gasteiger partial charge in [0.05, 0.1) is 0 Å². The predicted octanol–water partition coefficient (Wildman–Crippen LogP) is 3.75. The maximum Gasteiger partial charge on any atom is 0.128 e. The third kappa shape index (κ3) is 1.97. The van der Waals surface area contributed by atoms with Gasteiger partial charge in [0.15, 0.2) is 0 Å². The molecule has 0 saturated heterocycles. The van der Waals surface area contributed by atoms with Gasteiger partial charge in [-0.2, -0.15) is 0 Å². The van der Waals surface area contributed by atoms with Gasteiger partial charge in [-0.25, -0.2) is 4.39 Å². The summed E-state index contributed by atoms with van der Waals surface area (Å²) >= 11 is 0. The van der Waals surface area contributed by atoms with Crippen LogP contribution < -0.4 is 5.32 Å². The molecule has 0 heterocycles. The molecule has 0 aliphatic heterocycles. The zero-order valence-electron chi connectivity index (χ0n) is 11.5. The fraction of sp³-hybridized carbons (Fsp3) is 0.625. The number of benzene rings is 1. The van der Waals surface area contributed by atoms with Crippen molar-refractivity contribution in [3.05, 3.63) is 34.6 Å². The van der Waals surface area contributed by atoms with Crippen LogP contribution in [0, 0.1) is 37.4 Å². The van der Waals surface area contributed by atoms with Crippen LogP contribution in [0.2, 0.25) is 0 Å². The first kappa shape index (κ1) is 12.2. The topological polar surface area (TPSA) is 12.0 Å². The van der Waals surface area contributed by atoms with Crippen molar-refractivity contribution in [1.29, 1.82) is 0 Å². The van der Waals surface area contributed by atoms with E-state index in [2.05, 4.69) is 11.4 Å². The van der Waals surface area contributed by atoms with E-state index < -0.39 is 0 Å². The monoisotopic (exact) mass is 247 g/mol. The van der Waals surface area contributed by atoms with E-state index >= 15 is 0 Å². The summed E-state index contributed by atoms with van der Waals surface area (Å²) in [4.78, 5) is 0. The van der Waals surface area contributed by atoms with Crippen molar-refractivity contribution < 1.29 is 4.39 Å². The Morgan fingerprint density at radius 1 is 1.17 bits per heavy atom. The van der Waals surface area contributed by atoms with Gasteiger partial charge in [-0.3, -0.25) is 0 Å². The molecule has 3 atom stereocenters. The number of hydrogen-bond donors (Lipinski definition) is 1. The number of rotatable bonds is 3. The number of fused-ring (bicyclic) bond motifs is 1. The van der Waals surface area contributed by atoms with E-state index in [0.717, 1.165) is 28.5 Å². The second kappa shape index (κ2) is 4.34. The van der Waals surface area contributed by atoms with Crippen molar-refractivity contribution in [2.45, 2.75) is 39.2 Å². The molecule has 2 saturated carbocycles. The molecule has 2 heteroatoms. The first-order valence-corrected chi connectivity index (χ1v) is 7.04. The van der Waals surface area contributed by atoms with Gasteiger partial charge in [0.1, 0.15) is 5.82 Å². The fourth-order valence-electron chi connectivity index (χ4n) is 3.97. The SMILES string of the molecule is CNC(c1c(C)cc(C)cc1F)C1CC2CC2C1. The average molecular weight is 247 g/mol. The fourth-order valence-corrected chi connectivity index (χ4v) is 3.97. The summed E-state index contributed by atoms with van der Waals surface area (Å²) in [6.45, 7) is 3.99. The number of nitrogens with one attached hydrogen (secondary N) is 1. The molecule has 3 unspecified atom stereocenters. The van der Waals surface area contributed by atoms with Gasteiger partial charge in [-0.1, -0.05) is 6.07 Å². The normalized spacial score (nSPS) is 31.2. The first-order valence-electron chi connectivity index (χ1n) is 7.04. The Hall–Kier alpha value is -0.890. The molecule has 0 radical (unpaired) electrons. The van der Waals surface area contributed by atoms with Crippen molar-refractivity contribution in [2.24, 2.45) is 17.8 Å². The van der Waals surface area contributed by atoms with Gasteiger partial charge < -0.3 is 5.32 Å². The molecule has 2 fully saturated rings. The zero-order chi connectivity index (χ0) is 12.9. The second-order valence-electron chi connectivity index (χ2n) is 6.23. The molecule has 3 rings (SSSR count). The molecule has 0 amide bonds. The van der Waals surface area contributed by atoms with Gasteiger partial charge in [0.2, 0.25) is 0 Å². The van der Waals surface area contributed by atoms with Crippen LogP contribution in [-0.4, -0.2) is 7.05 Å². The van der Waals surface area contributed by atoms with Crippen LogP contribution in [0.3, 0.4) is 0 Å². The lowest BCUT2D eigenvalue weighted by Gasteiger charge is -2.27. The maximum atomic E-state index is 14.3. The van der Waals surface area contributed by atoms with Crippen molar-refractivity contribution in [2.75, 3.05) is 7.05 Å². The summed E-state index contributed by atoms with van der Waals surface area (Å²) in [6.07, 6.45) is 3.98. The van der Waals surface area contributed by atoms with Crippen LogP contribution in [0.5, 0.6) is 0 Å². The molecule has 18 heavy (non-hydrogen) atoms. The number of halogens is 1. The smallest absolute Gasteiger partial charge is 0.128 e. The van der Waals surface area contributed by atoms with Crippen molar-refractivity contribution in [1.82, 2.24) is 5.32 Å². The average Bonchev–Trinajstić information content (AvgIpc) is 2.90. The third-order valence-electron chi connectivity index (χ3n) is 4.85. The minimum atomic E-state index is -0.0348. The minimum absolute atomic E-state index is 0.0348. The number of aryl methyl sites for hydroxylation is 2. The predicted molar refractivity (Wildman–Crippen MR) is 72.0 cm³/mol. The van der Waals surface area contributed by atoms with E-state index in [9.17, 15) is 4.39 Å². The largest absolute Gasteiger partial charge is 0.313 e. The molecule has 1 N–H and O–H groups in total. The van der Waals surface area contributed by atoms with Gasteiger partial charge in [0, 0.05) is 11.6 Å². The standard InChI is InChI=1S/C16H22FN/c1-9-4-10(2)15(14(17)5-9)16(18-3)13-7-11-6-12(11)8-13/h4-5,11-13,16,18H,6-8H2,1-3H3. The Morgan fingerprint density at radius 2 is 1.83 bits per heavy atom. The molecule has 2 aliphatic rings. The highest BCUT2D eigenvalue weighted by Gasteiger charge is 2.48. The Morgan fingerprint density at radius 3 is 2.39 bits per heavy atom. The maximum absolute atomic E-state index is 14.3. The summed E-state index contributed by atoms with van der Waals surface area (Å²) < 4.78 is 14.3. The van der Waals surface area contributed by atoms with E-state index in [1.54, 1.807) is 6.07 Å². The molecule has 2 aliphatic carbocycles. The van der Waals surface area contributed by atoms with Gasteiger partial charge in [-0.05, 0) is 75.1 Å². The lowest BCUT2D eigenvalue weighted by Crippen LogP contribution is -2.26. The van der Waals surface area contributed by atoms with Crippen LogP contribution in [0.1, 0.15) is 42.0 Å². The van der Waals surface area contributed by atoms with Crippen LogP contribution in [-0.2, 0) is 0 Å².